The van der Waals surface area contributed by atoms with Crippen LogP contribution in [0, 0.1) is 0 Å². The monoisotopic (exact) mass is 270 g/mol. The maximum Gasteiger partial charge on any atom is 0.239 e. The van der Waals surface area contributed by atoms with Crippen molar-refractivity contribution in [2.45, 2.75) is 25.3 Å². The number of likely N-dealkylation sites (N-methyl/N-ethyl adjacent to an activating group) is 1. The number of carbonyl (C=O) groups is 1. The molecule has 1 heterocycles. The van der Waals surface area contributed by atoms with Crippen LogP contribution in [0.25, 0.3) is 0 Å². The Morgan fingerprint density at radius 3 is 3.00 bits per heavy atom. The summed E-state index contributed by atoms with van der Waals surface area (Å²) in [6, 6.07) is 3.70. The third-order valence-corrected chi connectivity index (χ3v) is 3.77. The van der Waals surface area contributed by atoms with E-state index >= 15 is 0 Å². The van der Waals surface area contributed by atoms with E-state index in [1.54, 1.807) is 23.3 Å². The first-order chi connectivity index (χ1) is 8.65. The molecule has 0 aliphatic rings. The number of thiophene rings is 1. The average Bonchev–Trinajstić information content (AvgIpc) is 2.88. The van der Waals surface area contributed by atoms with Crippen LogP contribution in [0.15, 0.2) is 17.5 Å². The highest BCUT2D eigenvalue weighted by Gasteiger charge is 2.17. The summed E-state index contributed by atoms with van der Waals surface area (Å²) < 4.78 is 4.95. The smallest absolute Gasteiger partial charge is 0.239 e. The summed E-state index contributed by atoms with van der Waals surface area (Å²) in [6.07, 6.45) is 2.39. The van der Waals surface area contributed by atoms with Crippen molar-refractivity contribution in [2.24, 2.45) is 5.73 Å². The minimum atomic E-state index is -0.409. The summed E-state index contributed by atoms with van der Waals surface area (Å²) in [7, 11) is 3.46. The fourth-order valence-corrected chi connectivity index (χ4v) is 2.40. The average molecular weight is 270 g/mol. The van der Waals surface area contributed by atoms with Gasteiger partial charge in [-0.15, -0.1) is 11.3 Å². The maximum atomic E-state index is 12.0. The zero-order valence-corrected chi connectivity index (χ0v) is 11.9. The van der Waals surface area contributed by atoms with Gasteiger partial charge in [-0.2, -0.15) is 0 Å². The van der Waals surface area contributed by atoms with Crippen LogP contribution in [0.1, 0.15) is 17.7 Å². The van der Waals surface area contributed by atoms with Crippen LogP contribution in [-0.4, -0.2) is 44.2 Å². The molecule has 0 radical (unpaired) electrons. The molecule has 1 rings (SSSR count). The molecule has 0 aromatic carbocycles. The normalized spacial score (nSPS) is 12.4. The largest absolute Gasteiger partial charge is 0.385 e. The van der Waals surface area contributed by atoms with Crippen molar-refractivity contribution in [3.05, 3.63) is 22.4 Å². The molecule has 5 heteroatoms. The fraction of sp³-hybridized carbons (Fsp3) is 0.615. The first kappa shape index (κ1) is 15.1. The predicted octanol–water partition coefficient (Wildman–Crippen LogP) is 1.50. The summed E-state index contributed by atoms with van der Waals surface area (Å²) >= 11 is 1.72. The molecular weight excluding hydrogens is 248 g/mol. The molecule has 0 fully saturated rings. The maximum absolute atomic E-state index is 12.0. The molecule has 18 heavy (non-hydrogen) atoms. The van der Waals surface area contributed by atoms with Gasteiger partial charge in [-0.25, -0.2) is 0 Å². The van der Waals surface area contributed by atoms with E-state index in [0.29, 0.717) is 13.0 Å². The van der Waals surface area contributed by atoms with Crippen LogP contribution in [0.2, 0.25) is 0 Å². The van der Waals surface area contributed by atoms with Crippen molar-refractivity contribution in [1.29, 1.82) is 0 Å². The van der Waals surface area contributed by atoms with Crippen molar-refractivity contribution in [3.8, 4) is 0 Å². The van der Waals surface area contributed by atoms with Crippen LogP contribution < -0.4 is 5.73 Å². The van der Waals surface area contributed by atoms with Crippen LogP contribution in [0.4, 0.5) is 0 Å². The van der Waals surface area contributed by atoms with Crippen molar-refractivity contribution in [1.82, 2.24) is 4.90 Å². The quantitative estimate of drug-likeness (QED) is 0.728. The highest BCUT2D eigenvalue weighted by atomic mass is 32.1. The molecule has 0 aliphatic heterocycles. The van der Waals surface area contributed by atoms with Gasteiger partial charge >= 0.3 is 0 Å². The number of methoxy groups -OCH3 is 1. The second-order valence-electron chi connectivity index (χ2n) is 4.33. The lowest BCUT2D eigenvalue weighted by atomic mass is 10.1. The van der Waals surface area contributed by atoms with E-state index in [9.17, 15) is 4.79 Å². The van der Waals surface area contributed by atoms with Crippen LogP contribution >= 0.6 is 11.3 Å². The number of amides is 1. The first-order valence-electron chi connectivity index (χ1n) is 6.17. The molecule has 102 valence electrons. The van der Waals surface area contributed by atoms with E-state index in [1.807, 2.05) is 18.5 Å². The first-order valence-corrected chi connectivity index (χ1v) is 7.05. The number of carbonyl (C=O) groups excluding carboxylic acids is 1. The molecule has 1 amide bonds. The Morgan fingerprint density at radius 1 is 1.61 bits per heavy atom. The number of nitrogens with two attached hydrogens (primary N) is 1. The van der Waals surface area contributed by atoms with E-state index in [2.05, 4.69) is 6.07 Å². The fourth-order valence-electron chi connectivity index (χ4n) is 1.70. The Kier molecular flexibility index (Phi) is 6.93. The number of hydrogen-bond acceptors (Lipinski definition) is 4. The van der Waals surface area contributed by atoms with Gasteiger partial charge in [-0.05, 0) is 30.7 Å². The van der Waals surface area contributed by atoms with Crippen LogP contribution in [0.5, 0.6) is 0 Å². The zero-order valence-electron chi connectivity index (χ0n) is 11.1. The lowest BCUT2D eigenvalue weighted by Crippen LogP contribution is -2.42. The molecular formula is C13H22N2O2S. The Labute approximate surface area is 113 Å². The van der Waals surface area contributed by atoms with Gasteiger partial charge < -0.3 is 15.4 Å². The van der Waals surface area contributed by atoms with Crippen molar-refractivity contribution in [3.63, 3.8) is 0 Å². The van der Waals surface area contributed by atoms with E-state index in [4.69, 9.17) is 10.5 Å². The molecule has 0 bridgehead atoms. The minimum Gasteiger partial charge on any atom is -0.385 e. The minimum absolute atomic E-state index is 0.0164. The zero-order chi connectivity index (χ0) is 13.4. The molecule has 0 spiro atoms. The Bertz CT molecular complexity index is 341. The van der Waals surface area contributed by atoms with E-state index in [0.717, 1.165) is 19.4 Å². The number of nitrogens with zero attached hydrogens (tertiary/aromatic N) is 1. The highest BCUT2D eigenvalue weighted by molar-refractivity contribution is 7.09. The molecule has 0 aliphatic carbocycles. The van der Waals surface area contributed by atoms with Gasteiger partial charge in [0, 0.05) is 32.2 Å². The summed E-state index contributed by atoms with van der Waals surface area (Å²) in [5, 5.41) is 2.05. The standard InChI is InChI=1S/C13H22N2O2S/c1-15(8-7-11-5-4-10-18-11)13(16)12(14)6-3-9-17-2/h4-5,10,12H,3,6-9,14H2,1-2H3. The highest BCUT2D eigenvalue weighted by Crippen LogP contribution is 2.10. The summed E-state index contributed by atoms with van der Waals surface area (Å²) in [4.78, 5) is 15.0. The van der Waals surface area contributed by atoms with Crippen molar-refractivity contribution < 1.29 is 9.53 Å². The van der Waals surface area contributed by atoms with E-state index in [1.165, 1.54) is 4.88 Å². The summed E-state index contributed by atoms with van der Waals surface area (Å²) in [5.74, 6) is 0.0164. The van der Waals surface area contributed by atoms with Gasteiger partial charge in [0.25, 0.3) is 0 Å². The van der Waals surface area contributed by atoms with Gasteiger partial charge in [0.2, 0.25) is 5.91 Å². The topological polar surface area (TPSA) is 55.6 Å². The molecule has 2 N–H and O–H groups in total. The van der Waals surface area contributed by atoms with Gasteiger partial charge in [0.1, 0.15) is 0 Å². The van der Waals surface area contributed by atoms with Gasteiger partial charge in [-0.1, -0.05) is 6.07 Å². The Morgan fingerprint density at radius 2 is 2.39 bits per heavy atom. The summed E-state index contributed by atoms with van der Waals surface area (Å²) in [5.41, 5.74) is 5.86. The third-order valence-electron chi connectivity index (χ3n) is 2.83. The van der Waals surface area contributed by atoms with E-state index in [-0.39, 0.29) is 5.91 Å². The molecule has 1 unspecified atom stereocenters. The van der Waals surface area contributed by atoms with Gasteiger partial charge in [0.05, 0.1) is 6.04 Å². The molecule has 1 aromatic rings. The molecule has 0 saturated carbocycles. The number of ether oxygens (including phenoxy) is 1. The molecule has 1 aromatic heterocycles. The van der Waals surface area contributed by atoms with Crippen molar-refractivity contribution in [2.75, 3.05) is 27.3 Å². The van der Waals surface area contributed by atoms with Gasteiger partial charge in [0.15, 0.2) is 0 Å². The van der Waals surface area contributed by atoms with Crippen molar-refractivity contribution >= 4 is 17.2 Å². The second-order valence-corrected chi connectivity index (χ2v) is 5.36. The summed E-state index contributed by atoms with van der Waals surface area (Å²) in [6.45, 7) is 1.37. The lowest BCUT2D eigenvalue weighted by molar-refractivity contribution is -0.131. The Balaban J connectivity index is 2.27. The van der Waals surface area contributed by atoms with E-state index < -0.39 is 6.04 Å². The van der Waals surface area contributed by atoms with Crippen LogP contribution in [0.3, 0.4) is 0 Å². The van der Waals surface area contributed by atoms with Crippen LogP contribution in [-0.2, 0) is 16.0 Å². The lowest BCUT2D eigenvalue weighted by Gasteiger charge is -2.21. The SMILES string of the molecule is COCCCC(N)C(=O)N(C)CCc1cccs1. The van der Waals surface area contributed by atoms with Gasteiger partial charge in [-0.3, -0.25) is 4.79 Å². The number of hydrogen-bond donors (Lipinski definition) is 1. The predicted molar refractivity (Wildman–Crippen MR) is 74.7 cm³/mol. The molecule has 4 nitrogen and oxygen atoms in total. The molecule has 1 atom stereocenters. The molecule has 0 saturated heterocycles. The third kappa shape index (κ3) is 5.16. The number of rotatable bonds is 8. The Hall–Kier alpha value is -0.910. The second kappa shape index (κ2) is 8.24.